The Morgan fingerprint density at radius 1 is 1.69 bits per heavy atom. The molecule has 0 saturated carbocycles. The summed E-state index contributed by atoms with van der Waals surface area (Å²) in [5.41, 5.74) is -0.0190. The van der Waals surface area contributed by atoms with Crippen molar-refractivity contribution in [2.45, 2.75) is 19.3 Å². The third-order valence-electron chi connectivity index (χ3n) is 2.29. The number of aromatic nitrogens is 2. The van der Waals surface area contributed by atoms with Crippen LogP contribution in [0.25, 0.3) is 0 Å². The molecule has 0 radical (unpaired) electrons. The summed E-state index contributed by atoms with van der Waals surface area (Å²) in [6, 6.07) is 1.59. The Hall–Kier alpha value is -1.53. The predicted molar refractivity (Wildman–Crippen MR) is 53.4 cm³/mol. The molecule has 0 amide bonds. The van der Waals surface area contributed by atoms with E-state index >= 15 is 0 Å². The Kier molecular flexibility index (Phi) is 2.84. The molecule has 0 fully saturated rings. The molecule has 0 spiro atoms. The van der Waals surface area contributed by atoms with E-state index in [1.165, 1.54) is 6.20 Å². The van der Waals surface area contributed by atoms with Crippen LogP contribution in [0.4, 0.5) is 4.39 Å². The standard InChI is InChI=1S/C10H11FN2O3/c1-6-2-3-13(10(15)12-6)9-8(11)4-7(5-14)16-9/h2-4,7,9,14H,5H2,1H3/t7-,9+/m1/s1. The molecule has 5 nitrogen and oxygen atoms in total. The van der Waals surface area contributed by atoms with Gasteiger partial charge in [0.15, 0.2) is 6.23 Å². The van der Waals surface area contributed by atoms with E-state index in [1.54, 1.807) is 13.0 Å². The van der Waals surface area contributed by atoms with Crippen LogP contribution in [-0.4, -0.2) is 27.4 Å². The van der Waals surface area contributed by atoms with Crippen LogP contribution in [0.2, 0.25) is 0 Å². The average Bonchev–Trinajstić information content (AvgIpc) is 2.60. The van der Waals surface area contributed by atoms with Gasteiger partial charge < -0.3 is 9.84 Å². The quantitative estimate of drug-likeness (QED) is 0.787. The lowest BCUT2D eigenvalue weighted by molar-refractivity contribution is -0.0214. The summed E-state index contributed by atoms with van der Waals surface area (Å²) in [4.78, 5) is 15.2. The lowest BCUT2D eigenvalue weighted by atomic mass is 10.3. The van der Waals surface area contributed by atoms with Crippen molar-refractivity contribution in [2.75, 3.05) is 6.61 Å². The van der Waals surface area contributed by atoms with Crippen molar-refractivity contribution in [3.63, 3.8) is 0 Å². The molecule has 0 unspecified atom stereocenters. The Labute approximate surface area is 90.8 Å². The summed E-state index contributed by atoms with van der Waals surface area (Å²) in [6.07, 6.45) is 0.746. The Balaban J connectivity index is 2.33. The van der Waals surface area contributed by atoms with Crippen LogP contribution < -0.4 is 5.69 Å². The predicted octanol–water partition coefficient (Wildman–Crippen LogP) is 0.295. The highest BCUT2D eigenvalue weighted by atomic mass is 19.1. The van der Waals surface area contributed by atoms with Gasteiger partial charge in [-0.15, -0.1) is 0 Å². The van der Waals surface area contributed by atoms with Crippen LogP contribution in [0.5, 0.6) is 0 Å². The van der Waals surface area contributed by atoms with Crippen molar-refractivity contribution < 1.29 is 14.2 Å². The van der Waals surface area contributed by atoms with Crippen LogP contribution in [0.3, 0.4) is 0 Å². The molecule has 1 aliphatic rings. The van der Waals surface area contributed by atoms with Crippen molar-refractivity contribution in [1.29, 1.82) is 0 Å². The minimum absolute atomic E-state index is 0.321. The number of hydrogen-bond acceptors (Lipinski definition) is 4. The number of hydrogen-bond donors (Lipinski definition) is 1. The van der Waals surface area contributed by atoms with Crippen LogP contribution in [0.1, 0.15) is 11.9 Å². The maximum Gasteiger partial charge on any atom is 0.350 e. The molecule has 6 heteroatoms. The van der Waals surface area contributed by atoms with Gasteiger partial charge in [-0.1, -0.05) is 0 Å². The second kappa shape index (κ2) is 4.15. The van der Waals surface area contributed by atoms with Crippen molar-refractivity contribution in [3.8, 4) is 0 Å². The fourth-order valence-corrected chi connectivity index (χ4v) is 1.50. The molecule has 1 aromatic rings. The summed E-state index contributed by atoms with van der Waals surface area (Å²) in [5, 5.41) is 8.82. The number of rotatable bonds is 2. The van der Waals surface area contributed by atoms with Crippen molar-refractivity contribution >= 4 is 0 Å². The first kappa shape index (κ1) is 11.0. The first-order valence-corrected chi connectivity index (χ1v) is 4.81. The molecule has 0 aliphatic carbocycles. The highest BCUT2D eigenvalue weighted by Crippen LogP contribution is 2.28. The largest absolute Gasteiger partial charge is 0.393 e. The topological polar surface area (TPSA) is 64.3 Å². The molecular weight excluding hydrogens is 215 g/mol. The minimum atomic E-state index is -1.11. The maximum atomic E-state index is 13.4. The molecule has 0 aromatic carbocycles. The lowest BCUT2D eigenvalue weighted by Gasteiger charge is -2.15. The zero-order valence-electron chi connectivity index (χ0n) is 8.63. The van der Waals surface area contributed by atoms with Gasteiger partial charge in [0.25, 0.3) is 0 Å². The molecule has 1 N–H and O–H groups in total. The van der Waals surface area contributed by atoms with Crippen LogP contribution in [0, 0.1) is 6.92 Å². The number of halogens is 1. The second-order valence-corrected chi connectivity index (χ2v) is 3.52. The van der Waals surface area contributed by atoms with Crippen LogP contribution in [-0.2, 0) is 4.74 Å². The molecular formula is C10H11FN2O3. The molecule has 2 rings (SSSR count). The van der Waals surface area contributed by atoms with Crippen LogP contribution in [0.15, 0.2) is 29.0 Å². The Morgan fingerprint density at radius 2 is 2.44 bits per heavy atom. The van der Waals surface area contributed by atoms with Crippen molar-refractivity contribution in [1.82, 2.24) is 9.55 Å². The number of aliphatic hydroxyl groups is 1. The third kappa shape index (κ3) is 1.89. The summed E-state index contributed by atoms with van der Waals surface area (Å²) in [5.74, 6) is -0.591. The van der Waals surface area contributed by atoms with Gasteiger partial charge in [0, 0.05) is 11.9 Å². The zero-order valence-corrected chi connectivity index (χ0v) is 8.63. The normalized spacial score (nSPS) is 24.6. The first-order valence-electron chi connectivity index (χ1n) is 4.81. The van der Waals surface area contributed by atoms with E-state index in [2.05, 4.69) is 4.98 Å². The summed E-state index contributed by atoms with van der Waals surface area (Å²) in [6.45, 7) is 1.35. The van der Waals surface area contributed by atoms with E-state index in [9.17, 15) is 9.18 Å². The molecule has 2 atom stereocenters. The van der Waals surface area contributed by atoms with E-state index < -0.39 is 23.8 Å². The summed E-state index contributed by atoms with van der Waals surface area (Å²) < 4.78 is 19.6. The highest BCUT2D eigenvalue weighted by Gasteiger charge is 2.29. The van der Waals surface area contributed by atoms with Gasteiger partial charge in [-0.25, -0.2) is 9.18 Å². The van der Waals surface area contributed by atoms with E-state index in [0.29, 0.717) is 5.69 Å². The molecule has 86 valence electrons. The number of aliphatic hydroxyl groups excluding tert-OH is 1. The fourth-order valence-electron chi connectivity index (χ4n) is 1.50. The number of nitrogens with zero attached hydrogens (tertiary/aromatic N) is 2. The second-order valence-electron chi connectivity index (χ2n) is 3.52. The van der Waals surface area contributed by atoms with Gasteiger partial charge in [-0.3, -0.25) is 4.57 Å². The van der Waals surface area contributed by atoms with Gasteiger partial charge in [-0.05, 0) is 19.1 Å². The van der Waals surface area contributed by atoms with E-state index in [1.807, 2.05) is 0 Å². The van der Waals surface area contributed by atoms with Gasteiger partial charge in [0.1, 0.15) is 11.9 Å². The van der Waals surface area contributed by atoms with E-state index in [-0.39, 0.29) is 6.61 Å². The van der Waals surface area contributed by atoms with Gasteiger partial charge in [0.2, 0.25) is 0 Å². The number of ether oxygens (including phenoxy) is 1. The van der Waals surface area contributed by atoms with Crippen molar-refractivity contribution in [3.05, 3.63) is 40.3 Å². The third-order valence-corrected chi connectivity index (χ3v) is 2.29. The lowest BCUT2D eigenvalue weighted by Crippen LogP contribution is -2.28. The molecule has 2 heterocycles. The average molecular weight is 226 g/mol. The monoisotopic (exact) mass is 226 g/mol. The van der Waals surface area contributed by atoms with Crippen LogP contribution >= 0.6 is 0 Å². The summed E-state index contributed by atoms with van der Waals surface area (Å²) in [7, 11) is 0. The first-order chi connectivity index (χ1) is 7.61. The van der Waals surface area contributed by atoms with E-state index in [4.69, 9.17) is 9.84 Å². The van der Waals surface area contributed by atoms with E-state index in [0.717, 1.165) is 10.6 Å². The fraction of sp³-hybridized carbons (Fsp3) is 0.400. The maximum absolute atomic E-state index is 13.4. The molecule has 16 heavy (non-hydrogen) atoms. The molecule has 0 saturated heterocycles. The molecule has 1 aliphatic heterocycles. The molecule has 1 aromatic heterocycles. The van der Waals surface area contributed by atoms with Gasteiger partial charge in [0.05, 0.1) is 6.61 Å². The van der Waals surface area contributed by atoms with Gasteiger partial charge in [-0.2, -0.15) is 4.98 Å². The Bertz CT molecular complexity index is 483. The Morgan fingerprint density at radius 3 is 3.00 bits per heavy atom. The SMILES string of the molecule is Cc1ccn([C@H]2O[C@@H](CO)C=C2F)c(=O)n1. The number of aryl methyl sites for hydroxylation is 1. The van der Waals surface area contributed by atoms with Gasteiger partial charge >= 0.3 is 5.69 Å². The summed E-state index contributed by atoms with van der Waals surface area (Å²) >= 11 is 0. The smallest absolute Gasteiger partial charge is 0.350 e. The minimum Gasteiger partial charge on any atom is -0.393 e. The zero-order chi connectivity index (χ0) is 11.7. The highest BCUT2D eigenvalue weighted by molar-refractivity contribution is 5.09. The molecule has 0 bridgehead atoms. The van der Waals surface area contributed by atoms with Crippen molar-refractivity contribution in [2.24, 2.45) is 0 Å².